The number of carbonyl (C=O) groups excluding carboxylic acids is 1. The molecule has 0 atom stereocenters. The molecule has 5 nitrogen and oxygen atoms in total. The van der Waals surface area contributed by atoms with Gasteiger partial charge in [0.25, 0.3) is 0 Å². The first-order valence-corrected chi connectivity index (χ1v) is 5.80. The van der Waals surface area contributed by atoms with Crippen molar-refractivity contribution >= 4 is 33.5 Å². The third kappa shape index (κ3) is 4.54. The fraction of sp³-hybridized carbons (Fsp3) is 0.273. The molecular formula is C11H13BrN2O3. The molecule has 6 heteroatoms. The Bertz CT molecular complexity index is 435. The number of hydrogen-bond donors (Lipinski definition) is 3. The average molecular weight is 301 g/mol. The van der Waals surface area contributed by atoms with Crippen LogP contribution in [0.3, 0.4) is 0 Å². The van der Waals surface area contributed by atoms with Crippen LogP contribution in [0.15, 0.2) is 22.7 Å². The maximum absolute atomic E-state index is 11.4. The van der Waals surface area contributed by atoms with Crippen LogP contribution >= 0.6 is 15.9 Å². The van der Waals surface area contributed by atoms with Gasteiger partial charge < -0.3 is 15.7 Å². The molecular weight excluding hydrogens is 288 g/mol. The van der Waals surface area contributed by atoms with E-state index in [0.717, 1.165) is 0 Å². The van der Waals surface area contributed by atoms with E-state index in [1.54, 1.807) is 13.1 Å². The second-order valence-electron chi connectivity index (χ2n) is 3.44. The maximum Gasteiger partial charge on any atom is 0.335 e. The molecule has 0 aliphatic rings. The van der Waals surface area contributed by atoms with Crippen LogP contribution in [-0.2, 0) is 4.79 Å². The van der Waals surface area contributed by atoms with Crippen LogP contribution in [0.4, 0.5) is 5.69 Å². The van der Waals surface area contributed by atoms with Crippen molar-refractivity contribution < 1.29 is 14.7 Å². The minimum absolute atomic E-state index is 0.128. The predicted octanol–water partition coefficient (Wildman–Crippen LogP) is 1.70. The lowest BCUT2D eigenvalue weighted by molar-refractivity contribution is -0.116. The Kier molecular flexibility index (Phi) is 5.11. The normalized spacial score (nSPS) is 10.0. The largest absolute Gasteiger partial charge is 0.478 e. The Morgan fingerprint density at radius 2 is 2.06 bits per heavy atom. The van der Waals surface area contributed by atoms with Crippen LogP contribution in [0.2, 0.25) is 0 Å². The zero-order valence-corrected chi connectivity index (χ0v) is 10.9. The standard InChI is InChI=1S/C11H13BrN2O3/c1-13-3-2-10(15)14-9-5-7(11(16)17)4-8(12)6-9/h4-6,13H,2-3H2,1H3,(H,14,15)(H,16,17). The second-order valence-corrected chi connectivity index (χ2v) is 4.35. The van der Waals surface area contributed by atoms with Gasteiger partial charge in [0.15, 0.2) is 0 Å². The van der Waals surface area contributed by atoms with Crippen molar-refractivity contribution in [3.05, 3.63) is 28.2 Å². The van der Waals surface area contributed by atoms with Gasteiger partial charge in [-0.25, -0.2) is 4.79 Å². The summed E-state index contributed by atoms with van der Waals surface area (Å²) < 4.78 is 0.612. The summed E-state index contributed by atoms with van der Waals surface area (Å²) in [5, 5.41) is 14.4. The van der Waals surface area contributed by atoms with Crippen LogP contribution in [-0.4, -0.2) is 30.6 Å². The van der Waals surface area contributed by atoms with Crippen LogP contribution in [0.25, 0.3) is 0 Å². The molecule has 1 rings (SSSR count). The first kappa shape index (κ1) is 13.7. The topological polar surface area (TPSA) is 78.4 Å². The number of aromatic carboxylic acids is 1. The number of carbonyl (C=O) groups is 2. The van der Waals surface area contributed by atoms with E-state index in [1.165, 1.54) is 12.1 Å². The van der Waals surface area contributed by atoms with Crippen molar-refractivity contribution in [3.8, 4) is 0 Å². The van der Waals surface area contributed by atoms with Gasteiger partial charge in [-0.05, 0) is 25.2 Å². The van der Waals surface area contributed by atoms with E-state index in [-0.39, 0.29) is 11.5 Å². The van der Waals surface area contributed by atoms with E-state index in [0.29, 0.717) is 23.1 Å². The first-order chi connectivity index (χ1) is 8.02. The third-order valence-electron chi connectivity index (χ3n) is 2.03. The van der Waals surface area contributed by atoms with Gasteiger partial charge >= 0.3 is 5.97 Å². The molecule has 0 unspecified atom stereocenters. The summed E-state index contributed by atoms with van der Waals surface area (Å²) in [5.41, 5.74) is 0.598. The van der Waals surface area contributed by atoms with Gasteiger partial charge in [-0.1, -0.05) is 15.9 Å². The summed E-state index contributed by atoms with van der Waals surface area (Å²) in [7, 11) is 1.76. The SMILES string of the molecule is CNCCC(=O)Nc1cc(Br)cc(C(=O)O)c1. The molecule has 0 spiro atoms. The number of benzene rings is 1. The molecule has 0 aliphatic carbocycles. The number of rotatable bonds is 5. The molecule has 17 heavy (non-hydrogen) atoms. The van der Waals surface area contributed by atoms with Gasteiger partial charge in [-0.15, -0.1) is 0 Å². The minimum Gasteiger partial charge on any atom is -0.478 e. The Hall–Kier alpha value is -1.40. The van der Waals surface area contributed by atoms with E-state index < -0.39 is 5.97 Å². The molecule has 0 aromatic heterocycles. The number of amides is 1. The Balaban J connectivity index is 2.77. The highest BCUT2D eigenvalue weighted by atomic mass is 79.9. The molecule has 1 amide bonds. The predicted molar refractivity (Wildman–Crippen MR) is 68.3 cm³/mol. The van der Waals surface area contributed by atoms with Crippen molar-refractivity contribution in [1.82, 2.24) is 5.32 Å². The third-order valence-corrected chi connectivity index (χ3v) is 2.49. The molecule has 1 aromatic carbocycles. The van der Waals surface area contributed by atoms with Crippen LogP contribution in [0, 0.1) is 0 Å². The number of hydrogen-bond acceptors (Lipinski definition) is 3. The van der Waals surface area contributed by atoms with Crippen molar-refractivity contribution in [2.75, 3.05) is 18.9 Å². The summed E-state index contributed by atoms with van der Waals surface area (Å²) in [6.45, 7) is 0.575. The molecule has 0 aliphatic heterocycles. The van der Waals surface area contributed by atoms with E-state index in [9.17, 15) is 9.59 Å². The van der Waals surface area contributed by atoms with Gasteiger partial charge in [-0.3, -0.25) is 4.79 Å². The Morgan fingerprint density at radius 1 is 1.35 bits per heavy atom. The quantitative estimate of drug-likeness (QED) is 0.773. The summed E-state index contributed by atoms with van der Waals surface area (Å²) in [5.74, 6) is -1.19. The number of carboxylic acid groups (broad SMARTS) is 1. The molecule has 0 fully saturated rings. The monoisotopic (exact) mass is 300 g/mol. The number of carboxylic acids is 1. The van der Waals surface area contributed by atoms with Crippen molar-refractivity contribution in [3.63, 3.8) is 0 Å². The fourth-order valence-corrected chi connectivity index (χ4v) is 1.74. The summed E-state index contributed by atoms with van der Waals surface area (Å²) in [6.07, 6.45) is 0.339. The molecule has 0 bridgehead atoms. The zero-order valence-electron chi connectivity index (χ0n) is 9.29. The van der Waals surface area contributed by atoms with E-state index in [2.05, 4.69) is 26.6 Å². The van der Waals surface area contributed by atoms with Crippen LogP contribution < -0.4 is 10.6 Å². The second kappa shape index (κ2) is 6.36. The van der Waals surface area contributed by atoms with Crippen molar-refractivity contribution in [2.45, 2.75) is 6.42 Å². The number of halogens is 1. The highest BCUT2D eigenvalue weighted by Gasteiger charge is 2.08. The molecule has 0 heterocycles. The lowest BCUT2D eigenvalue weighted by Gasteiger charge is -2.06. The highest BCUT2D eigenvalue weighted by molar-refractivity contribution is 9.10. The highest BCUT2D eigenvalue weighted by Crippen LogP contribution is 2.19. The van der Waals surface area contributed by atoms with E-state index in [4.69, 9.17) is 5.11 Å². The Morgan fingerprint density at radius 3 is 2.65 bits per heavy atom. The number of nitrogens with one attached hydrogen (secondary N) is 2. The van der Waals surface area contributed by atoms with E-state index in [1.807, 2.05) is 0 Å². The van der Waals surface area contributed by atoms with Gasteiger partial charge in [0.1, 0.15) is 0 Å². The van der Waals surface area contributed by atoms with Gasteiger partial charge in [0, 0.05) is 23.1 Å². The maximum atomic E-state index is 11.4. The van der Waals surface area contributed by atoms with Crippen molar-refractivity contribution in [1.29, 1.82) is 0 Å². The van der Waals surface area contributed by atoms with Gasteiger partial charge in [0.05, 0.1) is 5.56 Å². The minimum atomic E-state index is -1.03. The van der Waals surface area contributed by atoms with Crippen LogP contribution in [0.5, 0.6) is 0 Å². The lowest BCUT2D eigenvalue weighted by atomic mass is 10.2. The summed E-state index contributed by atoms with van der Waals surface area (Å²) in [4.78, 5) is 22.3. The van der Waals surface area contributed by atoms with Crippen molar-refractivity contribution in [2.24, 2.45) is 0 Å². The summed E-state index contributed by atoms with van der Waals surface area (Å²) >= 11 is 3.20. The molecule has 3 N–H and O–H groups in total. The molecule has 1 aromatic rings. The molecule has 92 valence electrons. The summed E-state index contributed by atoms with van der Waals surface area (Å²) in [6, 6.07) is 4.56. The van der Waals surface area contributed by atoms with E-state index >= 15 is 0 Å². The number of anilines is 1. The van der Waals surface area contributed by atoms with Crippen LogP contribution in [0.1, 0.15) is 16.8 Å². The van der Waals surface area contributed by atoms with Gasteiger partial charge in [-0.2, -0.15) is 0 Å². The average Bonchev–Trinajstić information content (AvgIpc) is 2.25. The molecule has 0 saturated carbocycles. The first-order valence-electron chi connectivity index (χ1n) is 5.01. The lowest BCUT2D eigenvalue weighted by Crippen LogP contribution is -2.18. The smallest absolute Gasteiger partial charge is 0.335 e. The molecule has 0 saturated heterocycles. The van der Waals surface area contributed by atoms with Gasteiger partial charge in [0.2, 0.25) is 5.91 Å². The fourth-order valence-electron chi connectivity index (χ4n) is 1.25. The zero-order chi connectivity index (χ0) is 12.8. The Labute approximate surface area is 107 Å². The molecule has 0 radical (unpaired) electrons.